The van der Waals surface area contributed by atoms with Gasteiger partial charge in [0.25, 0.3) is 0 Å². The van der Waals surface area contributed by atoms with E-state index in [1.807, 2.05) is 35.2 Å². The van der Waals surface area contributed by atoms with Crippen molar-refractivity contribution in [2.24, 2.45) is 0 Å². The maximum absolute atomic E-state index is 12.7. The van der Waals surface area contributed by atoms with Crippen molar-refractivity contribution in [3.05, 3.63) is 60.2 Å². The number of benzene rings is 2. The Morgan fingerprint density at radius 3 is 2.32 bits per heavy atom. The minimum absolute atomic E-state index is 0.0554. The van der Waals surface area contributed by atoms with Crippen molar-refractivity contribution in [1.29, 1.82) is 0 Å². The summed E-state index contributed by atoms with van der Waals surface area (Å²) in [5, 5.41) is 12.6. The molecule has 2 aromatic rings. The Labute approximate surface area is 184 Å². The van der Waals surface area contributed by atoms with Crippen LogP contribution in [-0.2, 0) is 21.2 Å². The summed E-state index contributed by atoms with van der Waals surface area (Å²) in [7, 11) is -3.60. The fourth-order valence-electron chi connectivity index (χ4n) is 3.71. The van der Waals surface area contributed by atoms with E-state index in [1.54, 1.807) is 19.1 Å². The topological polar surface area (TPSA) is 95.9 Å². The summed E-state index contributed by atoms with van der Waals surface area (Å²) in [6, 6.07) is 16.0. The van der Waals surface area contributed by atoms with Crippen LogP contribution in [0.2, 0.25) is 0 Å². The summed E-state index contributed by atoms with van der Waals surface area (Å²) < 4.78 is 31.1. The first-order valence-electron chi connectivity index (χ1n) is 10.5. The van der Waals surface area contributed by atoms with E-state index in [-0.39, 0.29) is 17.3 Å². The molecular formula is C23H30N2O5S. The summed E-state index contributed by atoms with van der Waals surface area (Å²) in [6.45, 7) is 3.53. The van der Waals surface area contributed by atoms with Gasteiger partial charge in [0.15, 0.2) is 9.84 Å². The van der Waals surface area contributed by atoms with Crippen LogP contribution in [0.15, 0.2) is 59.5 Å². The third kappa shape index (κ3) is 6.06. The average Bonchev–Trinajstić information content (AvgIpc) is 2.79. The number of nitrogens with zero attached hydrogens (tertiary/aromatic N) is 1. The van der Waals surface area contributed by atoms with Crippen molar-refractivity contribution in [2.75, 3.05) is 25.5 Å². The molecule has 1 saturated heterocycles. The maximum atomic E-state index is 12.7. The smallest absolute Gasteiger partial charge is 0.325 e. The average molecular weight is 447 g/mol. The highest BCUT2D eigenvalue weighted by molar-refractivity contribution is 7.91. The number of carboxylic acid groups (broad SMARTS) is 1. The van der Waals surface area contributed by atoms with Gasteiger partial charge in [-0.1, -0.05) is 36.8 Å². The molecule has 168 valence electrons. The molecule has 2 aromatic carbocycles. The Balaban J connectivity index is 1.56. The van der Waals surface area contributed by atoms with Crippen molar-refractivity contribution in [1.82, 2.24) is 10.2 Å². The number of rotatable bonds is 10. The number of aliphatic carboxylic acids is 1. The van der Waals surface area contributed by atoms with Crippen LogP contribution in [0.3, 0.4) is 0 Å². The number of sulfone groups is 1. The molecule has 1 aliphatic heterocycles. The van der Waals surface area contributed by atoms with Gasteiger partial charge in [-0.05, 0) is 62.7 Å². The van der Waals surface area contributed by atoms with E-state index in [1.165, 1.54) is 12.1 Å². The molecule has 0 saturated carbocycles. The second kappa shape index (κ2) is 10.3. The van der Waals surface area contributed by atoms with Crippen LogP contribution < -0.4 is 10.1 Å². The number of likely N-dealkylation sites (tertiary alicyclic amines) is 1. The quantitative estimate of drug-likeness (QED) is 0.579. The normalized spacial score (nSPS) is 17.1. The van der Waals surface area contributed by atoms with Crippen molar-refractivity contribution in [3.8, 4) is 5.75 Å². The molecule has 2 N–H and O–H groups in total. The Hall–Kier alpha value is -2.42. The molecule has 1 atom stereocenters. The molecule has 1 aliphatic rings. The molecule has 31 heavy (non-hydrogen) atoms. The second-order valence-corrected chi connectivity index (χ2v) is 10.0. The van der Waals surface area contributed by atoms with Crippen LogP contribution in [0.4, 0.5) is 0 Å². The predicted octanol–water partition coefficient (Wildman–Crippen LogP) is 2.92. The predicted molar refractivity (Wildman–Crippen MR) is 119 cm³/mol. The van der Waals surface area contributed by atoms with Gasteiger partial charge in [0.2, 0.25) is 0 Å². The number of nitrogens with one attached hydrogen (secondary N) is 1. The highest BCUT2D eigenvalue weighted by Gasteiger charge is 2.40. The van der Waals surface area contributed by atoms with E-state index >= 15 is 0 Å². The summed E-state index contributed by atoms with van der Waals surface area (Å²) >= 11 is 0. The third-order valence-electron chi connectivity index (χ3n) is 5.71. The Morgan fingerprint density at radius 1 is 1.06 bits per heavy atom. The first-order chi connectivity index (χ1) is 14.8. The monoisotopic (exact) mass is 446 g/mol. The number of carboxylic acids is 1. The number of hydrogen-bond acceptors (Lipinski definition) is 6. The fourth-order valence-corrected chi connectivity index (χ4v) is 4.79. The molecule has 7 nitrogen and oxygen atoms in total. The zero-order chi connectivity index (χ0) is 22.3. The molecule has 0 radical (unpaired) electrons. The summed E-state index contributed by atoms with van der Waals surface area (Å²) in [6.07, 6.45) is 3.01. The van der Waals surface area contributed by atoms with Crippen molar-refractivity contribution >= 4 is 15.8 Å². The van der Waals surface area contributed by atoms with E-state index in [0.29, 0.717) is 25.4 Å². The molecule has 0 aromatic heterocycles. The van der Waals surface area contributed by atoms with Gasteiger partial charge in [-0.2, -0.15) is 0 Å². The van der Waals surface area contributed by atoms with E-state index in [2.05, 4.69) is 5.32 Å². The van der Waals surface area contributed by atoms with E-state index in [4.69, 9.17) is 4.74 Å². The van der Waals surface area contributed by atoms with Crippen LogP contribution in [0.5, 0.6) is 5.75 Å². The third-order valence-corrected chi connectivity index (χ3v) is 7.28. The Bertz CT molecular complexity index is 957. The van der Waals surface area contributed by atoms with Crippen LogP contribution in [0.1, 0.15) is 31.7 Å². The zero-order valence-corrected chi connectivity index (χ0v) is 18.6. The van der Waals surface area contributed by atoms with Gasteiger partial charge in [-0.25, -0.2) is 8.42 Å². The molecule has 3 rings (SSSR count). The van der Waals surface area contributed by atoms with Crippen LogP contribution in [-0.4, -0.2) is 55.4 Å². The molecule has 1 fully saturated rings. The van der Waals surface area contributed by atoms with E-state index in [9.17, 15) is 18.3 Å². The number of ether oxygens (including phenoxy) is 1. The van der Waals surface area contributed by atoms with Crippen molar-refractivity contribution < 1.29 is 23.1 Å². The largest absolute Gasteiger partial charge is 0.489 e. The van der Waals surface area contributed by atoms with Gasteiger partial charge in [0.1, 0.15) is 23.8 Å². The first-order valence-corrected chi connectivity index (χ1v) is 12.2. The van der Waals surface area contributed by atoms with Gasteiger partial charge >= 0.3 is 5.97 Å². The fraction of sp³-hybridized carbons (Fsp3) is 0.435. The van der Waals surface area contributed by atoms with Gasteiger partial charge in [-0.3, -0.25) is 9.69 Å². The standard InChI is InChI=1S/C23H30N2O5S/c1-23(22(26)27,25-14-6-3-7-15-25)17-24-18-31(28,29)21-12-10-20(11-13-21)30-16-19-8-4-2-5-9-19/h2,4-5,8-13,24H,3,6-7,14-18H2,1H3,(H,26,27)/t23-/m0/s1. The Kier molecular flexibility index (Phi) is 7.69. The molecule has 8 heteroatoms. The van der Waals surface area contributed by atoms with Gasteiger partial charge in [0.05, 0.1) is 4.90 Å². The summed E-state index contributed by atoms with van der Waals surface area (Å²) in [5.41, 5.74) is -0.107. The second-order valence-electron chi connectivity index (χ2n) is 8.06. The molecule has 1 heterocycles. The summed E-state index contributed by atoms with van der Waals surface area (Å²) in [4.78, 5) is 14.0. The maximum Gasteiger partial charge on any atom is 0.325 e. The lowest BCUT2D eigenvalue weighted by Gasteiger charge is -2.40. The molecular weight excluding hydrogens is 416 g/mol. The Morgan fingerprint density at radius 2 is 1.71 bits per heavy atom. The molecule has 0 unspecified atom stereocenters. The lowest BCUT2D eigenvalue weighted by Crippen LogP contribution is -2.59. The highest BCUT2D eigenvalue weighted by atomic mass is 32.2. The first kappa shape index (κ1) is 23.2. The minimum Gasteiger partial charge on any atom is -0.489 e. The molecule has 0 amide bonds. The molecule has 0 spiro atoms. The molecule has 0 bridgehead atoms. The van der Waals surface area contributed by atoms with Crippen LogP contribution in [0.25, 0.3) is 0 Å². The minimum atomic E-state index is -3.60. The lowest BCUT2D eigenvalue weighted by atomic mass is 9.96. The van der Waals surface area contributed by atoms with Gasteiger partial charge < -0.3 is 15.2 Å². The van der Waals surface area contributed by atoms with Crippen LogP contribution in [0, 0.1) is 0 Å². The highest BCUT2D eigenvalue weighted by Crippen LogP contribution is 2.22. The zero-order valence-electron chi connectivity index (χ0n) is 17.8. The van der Waals surface area contributed by atoms with Crippen molar-refractivity contribution in [2.45, 2.75) is 43.2 Å². The van der Waals surface area contributed by atoms with Crippen molar-refractivity contribution in [3.63, 3.8) is 0 Å². The van der Waals surface area contributed by atoms with Crippen LogP contribution >= 0.6 is 0 Å². The summed E-state index contributed by atoms with van der Waals surface area (Å²) in [5.74, 6) is -0.688. The number of hydrogen-bond donors (Lipinski definition) is 2. The SMILES string of the molecule is C[C@](CNCS(=O)(=O)c1ccc(OCc2ccccc2)cc1)(C(=O)O)N1CCCCC1. The van der Waals surface area contributed by atoms with Gasteiger partial charge in [0, 0.05) is 6.54 Å². The lowest BCUT2D eigenvalue weighted by molar-refractivity contribution is -0.151. The number of piperidine rings is 1. The van der Waals surface area contributed by atoms with E-state index < -0.39 is 21.3 Å². The number of carbonyl (C=O) groups is 1. The van der Waals surface area contributed by atoms with Gasteiger partial charge in [-0.15, -0.1) is 0 Å². The van der Waals surface area contributed by atoms with E-state index in [0.717, 1.165) is 24.8 Å². The molecule has 0 aliphatic carbocycles.